The van der Waals surface area contributed by atoms with Crippen LogP contribution in [0.15, 0.2) is 42.5 Å². The highest BCUT2D eigenvalue weighted by atomic mass is 16.5. The van der Waals surface area contributed by atoms with Gasteiger partial charge in [-0.3, -0.25) is 9.59 Å². The molecule has 0 spiro atoms. The van der Waals surface area contributed by atoms with Crippen LogP contribution in [0.1, 0.15) is 19.4 Å². The zero-order chi connectivity index (χ0) is 21.1. The Kier molecular flexibility index (Phi) is 5.90. The van der Waals surface area contributed by atoms with Crippen molar-refractivity contribution in [1.82, 2.24) is 0 Å². The van der Waals surface area contributed by atoms with E-state index in [0.29, 0.717) is 6.54 Å². The molecule has 1 fully saturated rings. The first-order chi connectivity index (χ1) is 14.5. The minimum absolute atomic E-state index is 0.0573. The second-order valence-electron chi connectivity index (χ2n) is 7.77. The Balaban J connectivity index is 1.34. The molecule has 1 atom stereocenters. The summed E-state index contributed by atoms with van der Waals surface area (Å²) in [5.41, 5.74) is 4.88. The molecule has 2 aromatic carbocycles. The third-order valence-electron chi connectivity index (χ3n) is 5.64. The summed E-state index contributed by atoms with van der Waals surface area (Å²) in [6.07, 6.45) is 0.834. The topological polar surface area (TPSA) is 73.9 Å². The Morgan fingerprint density at radius 3 is 2.40 bits per heavy atom. The summed E-state index contributed by atoms with van der Waals surface area (Å²) in [4.78, 5) is 28.4. The zero-order valence-corrected chi connectivity index (χ0v) is 17.5. The number of anilines is 4. The predicted octanol–water partition coefficient (Wildman–Crippen LogP) is 2.87. The Bertz CT molecular complexity index is 923. The highest BCUT2D eigenvalue weighted by molar-refractivity contribution is 5.97. The van der Waals surface area contributed by atoms with E-state index in [1.54, 1.807) is 11.8 Å². The van der Waals surface area contributed by atoms with Crippen LogP contribution in [-0.2, 0) is 20.7 Å². The number of rotatable bonds is 5. The lowest BCUT2D eigenvalue weighted by Crippen LogP contribution is -2.36. The van der Waals surface area contributed by atoms with Crippen LogP contribution in [0.2, 0.25) is 0 Å². The summed E-state index contributed by atoms with van der Waals surface area (Å²) in [5, 5.41) is 6.23. The Morgan fingerprint density at radius 2 is 1.70 bits per heavy atom. The van der Waals surface area contributed by atoms with Crippen molar-refractivity contribution < 1.29 is 14.3 Å². The molecular weight excluding hydrogens is 380 g/mol. The van der Waals surface area contributed by atoms with Gasteiger partial charge in [-0.05, 0) is 61.4 Å². The fourth-order valence-electron chi connectivity index (χ4n) is 3.96. The molecule has 2 N–H and O–H groups in total. The maximum atomic E-state index is 12.6. The maximum absolute atomic E-state index is 12.6. The molecule has 7 nitrogen and oxygen atoms in total. The largest absolute Gasteiger partial charge is 0.378 e. The lowest BCUT2D eigenvalue weighted by Gasteiger charge is -2.29. The summed E-state index contributed by atoms with van der Waals surface area (Å²) in [7, 11) is 0. The van der Waals surface area contributed by atoms with Crippen LogP contribution in [0.4, 0.5) is 22.7 Å². The van der Waals surface area contributed by atoms with Crippen LogP contribution in [0.25, 0.3) is 0 Å². The van der Waals surface area contributed by atoms with Gasteiger partial charge in [0.15, 0.2) is 0 Å². The Morgan fingerprint density at radius 1 is 1.00 bits per heavy atom. The maximum Gasteiger partial charge on any atom is 0.246 e. The minimum atomic E-state index is -0.396. The number of carbonyl (C=O) groups excluding carboxylic acids is 2. The van der Waals surface area contributed by atoms with E-state index < -0.39 is 6.04 Å². The monoisotopic (exact) mass is 408 g/mol. The smallest absolute Gasteiger partial charge is 0.246 e. The van der Waals surface area contributed by atoms with Crippen LogP contribution in [0.3, 0.4) is 0 Å². The number of nitrogens with one attached hydrogen (secondary N) is 2. The van der Waals surface area contributed by atoms with Crippen molar-refractivity contribution in [2.45, 2.75) is 26.3 Å². The first-order valence-corrected chi connectivity index (χ1v) is 10.4. The number of ether oxygens (including phenoxy) is 1. The van der Waals surface area contributed by atoms with E-state index in [-0.39, 0.29) is 11.8 Å². The molecule has 7 heteroatoms. The molecule has 0 radical (unpaired) electrons. The van der Waals surface area contributed by atoms with Gasteiger partial charge in [0.05, 0.1) is 13.2 Å². The average molecular weight is 409 g/mol. The summed E-state index contributed by atoms with van der Waals surface area (Å²) >= 11 is 0. The molecule has 0 aliphatic carbocycles. The van der Waals surface area contributed by atoms with Gasteiger partial charge in [-0.15, -0.1) is 0 Å². The molecule has 2 aliphatic heterocycles. The zero-order valence-electron chi connectivity index (χ0n) is 17.5. The first-order valence-electron chi connectivity index (χ1n) is 10.4. The molecule has 0 bridgehead atoms. The highest BCUT2D eigenvalue weighted by Gasteiger charge is 2.23. The van der Waals surface area contributed by atoms with Crippen molar-refractivity contribution in [3.63, 3.8) is 0 Å². The van der Waals surface area contributed by atoms with Crippen molar-refractivity contribution in [2.75, 3.05) is 53.3 Å². The van der Waals surface area contributed by atoms with Gasteiger partial charge >= 0.3 is 0 Å². The van der Waals surface area contributed by atoms with Gasteiger partial charge in [0, 0.05) is 49.3 Å². The number of hydrogen-bond acceptors (Lipinski definition) is 5. The van der Waals surface area contributed by atoms with E-state index in [2.05, 4.69) is 15.5 Å². The molecule has 1 saturated heterocycles. The molecule has 4 rings (SSSR count). The molecule has 0 saturated carbocycles. The number of nitrogens with zero attached hydrogens (tertiary/aromatic N) is 2. The summed E-state index contributed by atoms with van der Waals surface area (Å²) in [6, 6.07) is 13.4. The van der Waals surface area contributed by atoms with Gasteiger partial charge in [-0.25, -0.2) is 0 Å². The second kappa shape index (κ2) is 8.75. The van der Waals surface area contributed by atoms with Crippen molar-refractivity contribution in [1.29, 1.82) is 0 Å². The van der Waals surface area contributed by atoms with E-state index in [4.69, 9.17) is 4.74 Å². The predicted molar refractivity (Wildman–Crippen MR) is 119 cm³/mol. The fraction of sp³-hybridized carbons (Fsp3) is 0.391. The van der Waals surface area contributed by atoms with Crippen LogP contribution in [-0.4, -0.2) is 50.7 Å². The molecule has 158 valence electrons. The lowest BCUT2D eigenvalue weighted by atomic mass is 10.1. The van der Waals surface area contributed by atoms with Gasteiger partial charge in [0.25, 0.3) is 0 Å². The van der Waals surface area contributed by atoms with Crippen molar-refractivity contribution in [2.24, 2.45) is 0 Å². The number of morpholine rings is 1. The van der Waals surface area contributed by atoms with E-state index in [0.717, 1.165) is 61.0 Å². The van der Waals surface area contributed by atoms with Gasteiger partial charge in [-0.1, -0.05) is 0 Å². The third-order valence-corrected chi connectivity index (χ3v) is 5.64. The van der Waals surface area contributed by atoms with E-state index in [1.165, 1.54) is 0 Å². The van der Waals surface area contributed by atoms with Crippen molar-refractivity contribution >= 4 is 34.6 Å². The van der Waals surface area contributed by atoms with Crippen LogP contribution >= 0.6 is 0 Å². The molecule has 2 aliphatic rings. The molecule has 2 amide bonds. The van der Waals surface area contributed by atoms with Crippen LogP contribution in [0.5, 0.6) is 0 Å². The van der Waals surface area contributed by atoms with Crippen molar-refractivity contribution in [3.05, 3.63) is 48.0 Å². The molecule has 0 aromatic heterocycles. The summed E-state index contributed by atoms with van der Waals surface area (Å²) in [6.45, 7) is 7.40. The second-order valence-corrected chi connectivity index (χ2v) is 7.77. The quantitative estimate of drug-likeness (QED) is 0.796. The lowest BCUT2D eigenvalue weighted by molar-refractivity contribution is -0.117. The first kappa shape index (κ1) is 20.2. The van der Waals surface area contributed by atoms with Crippen LogP contribution < -0.4 is 20.4 Å². The van der Waals surface area contributed by atoms with Gasteiger partial charge in [0.1, 0.15) is 6.04 Å². The minimum Gasteiger partial charge on any atom is -0.378 e. The summed E-state index contributed by atoms with van der Waals surface area (Å²) < 4.78 is 5.39. The molecule has 1 unspecified atom stereocenters. The fourth-order valence-corrected chi connectivity index (χ4v) is 3.96. The number of carbonyl (C=O) groups is 2. The molecule has 2 heterocycles. The third kappa shape index (κ3) is 4.41. The average Bonchev–Trinajstić information content (AvgIpc) is 3.18. The van der Waals surface area contributed by atoms with Gasteiger partial charge in [-0.2, -0.15) is 0 Å². The van der Waals surface area contributed by atoms with Gasteiger partial charge < -0.3 is 25.2 Å². The van der Waals surface area contributed by atoms with Gasteiger partial charge in [0.2, 0.25) is 11.8 Å². The number of amides is 2. The normalized spacial score (nSPS) is 16.7. The molecule has 30 heavy (non-hydrogen) atoms. The number of benzene rings is 2. The van der Waals surface area contributed by atoms with Crippen LogP contribution in [0, 0.1) is 0 Å². The Hall–Kier alpha value is -3.06. The number of fused-ring (bicyclic) bond motifs is 1. The molecule has 2 aromatic rings. The van der Waals surface area contributed by atoms with E-state index in [9.17, 15) is 9.59 Å². The number of hydrogen-bond donors (Lipinski definition) is 2. The standard InChI is InChI=1S/C23H28N4O3/c1-16(24-20-5-8-22-18(15-20)9-10-27(22)17(2)28)23(29)25-19-3-6-21(7-4-19)26-11-13-30-14-12-26/h3-8,15-16,24H,9-14H2,1-2H3,(H,25,29). The SMILES string of the molecule is CC(=O)N1CCc2cc(NC(C)C(=O)Nc3ccc(N4CCOCC4)cc3)ccc21. The Labute approximate surface area is 177 Å². The summed E-state index contributed by atoms with van der Waals surface area (Å²) in [5.74, 6) is -0.0400. The van der Waals surface area contributed by atoms with E-state index in [1.807, 2.05) is 49.4 Å². The highest BCUT2D eigenvalue weighted by Crippen LogP contribution is 2.30. The van der Waals surface area contributed by atoms with E-state index >= 15 is 0 Å². The van der Waals surface area contributed by atoms with Crippen molar-refractivity contribution in [3.8, 4) is 0 Å². The molecular formula is C23H28N4O3.